The molecule has 0 aliphatic carbocycles. The van der Waals surface area contributed by atoms with Gasteiger partial charge in [0.2, 0.25) is 5.91 Å². The topological polar surface area (TPSA) is 125 Å². The number of aromatic hydroxyl groups is 1. The highest BCUT2D eigenvalue weighted by Crippen LogP contribution is 2.48. The number of hydrogen-bond acceptors (Lipinski definition) is 8. The van der Waals surface area contributed by atoms with Crippen molar-refractivity contribution in [3.63, 3.8) is 0 Å². The maximum atomic E-state index is 17.4. The Balaban J connectivity index is 1.84. The highest BCUT2D eigenvalue weighted by Gasteiger charge is 2.44. The molecule has 6 rings (SSSR count). The van der Waals surface area contributed by atoms with Gasteiger partial charge in [-0.1, -0.05) is 40.3 Å². The number of anilines is 2. The minimum atomic E-state index is -1.37. The summed E-state index contributed by atoms with van der Waals surface area (Å²) in [6.45, 7) is 10.8. The summed E-state index contributed by atoms with van der Waals surface area (Å²) in [5.74, 6) is -6.51. The van der Waals surface area contributed by atoms with Gasteiger partial charge in [-0.2, -0.15) is 4.98 Å². The first-order valence-corrected chi connectivity index (χ1v) is 15.1. The molecule has 2 aromatic carbocycles. The van der Waals surface area contributed by atoms with E-state index in [1.807, 2.05) is 27.7 Å². The zero-order valence-electron chi connectivity index (χ0n) is 26.4. The van der Waals surface area contributed by atoms with Crippen molar-refractivity contribution >= 4 is 34.2 Å². The van der Waals surface area contributed by atoms with Crippen LogP contribution < -0.4 is 15.5 Å². The Morgan fingerprint density at radius 3 is 2.26 bits per heavy atom. The van der Waals surface area contributed by atoms with Gasteiger partial charge in [0, 0.05) is 20.1 Å². The number of benzene rings is 2. The average Bonchev–Trinajstić information content (AvgIpc) is 3.12. The number of nitrogens with zero attached hydrogens (tertiary/aromatic N) is 7. The highest BCUT2D eigenvalue weighted by atomic mass is 19.1. The first-order chi connectivity index (χ1) is 22.3. The molecule has 0 radical (unpaired) electrons. The Kier molecular flexibility index (Phi) is 7.77. The summed E-state index contributed by atoms with van der Waals surface area (Å²) in [5.41, 5.74) is -2.87. The lowest BCUT2D eigenvalue weighted by molar-refractivity contribution is -0.128. The number of carbonyl (C=O) groups is 2. The van der Waals surface area contributed by atoms with Crippen molar-refractivity contribution in [1.29, 1.82) is 0 Å². The second-order valence-corrected chi connectivity index (χ2v) is 12.2. The van der Waals surface area contributed by atoms with Gasteiger partial charge in [0.25, 0.3) is 5.91 Å². The summed E-state index contributed by atoms with van der Waals surface area (Å²) < 4.78 is 50.7. The molecule has 2 amide bonds. The average molecular weight is 648 g/mol. The zero-order valence-corrected chi connectivity index (χ0v) is 26.4. The van der Waals surface area contributed by atoms with Crippen LogP contribution >= 0.6 is 0 Å². The van der Waals surface area contributed by atoms with Crippen LogP contribution in [0.4, 0.5) is 24.7 Å². The molecule has 0 spiro atoms. The van der Waals surface area contributed by atoms with Gasteiger partial charge in [0.05, 0.1) is 45.8 Å². The SMILES string of the molecule is C=CC(=O)N1CCN2c3nc(=O)n(-c4c(C(C)C)ncnc4C(C)C)c4c(F)c(-c5c(O)cccc5F)c(F)c(c34)N(C)C(=O)C2C1. The third kappa shape index (κ3) is 4.72. The number of piperazine rings is 1. The molecule has 4 heterocycles. The summed E-state index contributed by atoms with van der Waals surface area (Å²) >= 11 is 0. The van der Waals surface area contributed by atoms with Crippen LogP contribution in [0.3, 0.4) is 0 Å². The van der Waals surface area contributed by atoms with Gasteiger partial charge in [-0.25, -0.2) is 27.9 Å². The van der Waals surface area contributed by atoms with E-state index in [0.29, 0.717) is 11.4 Å². The van der Waals surface area contributed by atoms with E-state index in [9.17, 15) is 19.5 Å². The molecule has 1 atom stereocenters. The fourth-order valence-corrected chi connectivity index (χ4v) is 6.48. The van der Waals surface area contributed by atoms with Crippen LogP contribution in [0.2, 0.25) is 0 Å². The molecule has 244 valence electrons. The lowest BCUT2D eigenvalue weighted by Crippen LogP contribution is -2.60. The monoisotopic (exact) mass is 647 g/mol. The number of rotatable bonds is 5. The van der Waals surface area contributed by atoms with Crippen molar-refractivity contribution in [1.82, 2.24) is 24.4 Å². The Hall–Kier alpha value is -5.27. The normalized spacial score (nSPS) is 16.3. The molecular weight excluding hydrogens is 615 g/mol. The molecule has 1 fully saturated rings. The van der Waals surface area contributed by atoms with Crippen LogP contribution in [0, 0.1) is 17.5 Å². The Labute approximate surface area is 267 Å². The third-order valence-corrected chi connectivity index (χ3v) is 8.70. The standard InChI is InChI=1S/C33H32F3N7O4/c1-7-20(45)41-11-12-42-18(13-41)32(46)40(6)28-23-29(25(36)22(24(28)35)21-17(34)9-8-10-19(21)44)43(33(47)39-31(23)42)30-26(15(2)3)37-14-38-27(30)16(4)5/h7-10,14-16,18,44H,1,11-13H2,2-6H3. The second-order valence-electron chi connectivity index (χ2n) is 12.2. The van der Waals surface area contributed by atoms with E-state index in [-0.39, 0.29) is 48.4 Å². The minimum Gasteiger partial charge on any atom is -0.507 e. The van der Waals surface area contributed by atoms with Gasteiger partial charge < -0.3 is 19.8 Å². The molecule has 4 aromatic rings. The lowest BCUT2D eigenvalue weighted by atomic mass is 9.97. The van der Waals surface area contributed by atoms with E-state index in [1.54, 1.807) is 0 Å². The van der Waals surface area contributed by atoms with Crippen molar-refractivity contribution < 1.29 is 27.9 Å². The quantitative estimate of drug-likeness (QED) is 0.317. The van der Waals surface area contributed by atoms with Gasteiger partial charge in [-0.3, -0.25) is 14.2 Å². The molecule has 2 aliphatic rings. The van der Waals surface area contributed by atoms with E-state index >= 15 is 13.2 Å². The number of amides is 2. The van der Waals surface area contributed by atoms with Gasteiger partial charge in [-0.05, 0) is 30.0 Å². The summed E-state index contributed by atoms with van der Waals surface area (Å²) in [4.78, 5) is 57.9. The number of carbonyl (C=O) groups excluding carboxylic acids is 2. The van der Waals surface area contributed by atoms with E-state index in [1.165, 1.54) is 29.2 Å². The molecule has 1 saturated heterocycles. The van der Waals surface area contributed by atoms with Gasteiger partial charge in [-0.15, -0.1) is 0 Å². The molecule has 47 heavy (non-hydrogen) atoms. The Morgan fingerprint density at radius 2 is 1.66 bits per heavy atom. The molecule has 0 bridgehead atoms. The fourth-order valence-electron chi connectivity index (χ4n) is 6.48. The Morgan fingerprint density at radius 1 is 1.00 bits per heavy atom. The highest BCUT2D eigenvalue weighted by molar-refractivity contribution is 6.14. The fraction of sp³-hybridized carbons (Fsp3) is 0.333. The van der Waals surface area contributed by atoms with Crippen LogP contribution in [-0.2, 0) is 9.59 Å². The van der Waals surface area contributed by atoms with E-state index in [0.717, 1.165) is 27.7 Å². The minimum absolute atomic E-state index is 0.00313. The summed E-state index contributed by atoms with van der Waals surface area (Å²) in [5, 5.41) is 10.5. The molecule has 14 heteroatoms. The molecular formula is C33H32F3N7O4. The van der Waals surface area contributed by atoms with Crippen molar-refractivity contribution in [2.45, 2.75) is 45.6 Å². The second kappa shape index (κ2) is 11.5. The number of hydrogen-bond donors (Lipinski definition) is 1. The van der Waals surface area contributed by atoms with Crippen LogP contribution in [-0.4, -0.2) is 74.1 Å². The van der Waals surface area contributed by atoms with E-state index in [2.05, 4.69) is 21.5 Å². The van der Waals surface area contributed by atoms with Crippen molar-refractivity contribution in [2.75, 3.05) is 36.5 Å². The van der Waals surface area contributed by atoms with Crippen molar-refractivity contribution in [3.8, 4) is 22.6 Å². The van der Waals surface area contributed by atoms with Crippen molar-refractivity contribution in [3.05, 3.63) is 76.5 Å². The zero-order chi connectivity index (χ0) is 34.1. The summed E-state index contributed by atoms with van der Waals surface area (Å²) in [7, 11) is 1.27. The van der Waals surface area contributed by atoms with Crippen LogP contribution in [0.15, 0.2) is 42.0 Å². The Bertz CT molecular complexity index is 2020. The predicted octanol–water partition coefficient (Wildman–Crippen LogP) is 4.39. The predicted molar refractivity (Wildman–Crippen MR) is 169 cm³/mol. The number of phenolic OH excluding ortho intramolecular Hbond substituents is 1. The maximum absolute atomic E-state index is 17.4. The van der Waals surface area contributed by atoms with Gasteiger partial charge >= 0.3 is 5.69 Å². The maximum Gasteiger partial charge on any atom is 0.354 e. The molecule has 1 N–H and O–H groups in total. The summed E-state index contributed by atoms with van der Waals surface area (Å²) in [6.07, 6.45) is 2.44. The van der Waals surface area contributed by atoms with Crippen LogP contribution in [0.1, 0.15) is 50.9 Å². The number of fused-ring (bicyclic) bond motifs is 2. The molecule has 2 aliphatic heterocycles. The first kappa shape index (κ1) is 31.7. The first-order valence-electron chi connectivity index (χ1n) is 15.1. The molecule has 1 unspecified atom stereocenters. The summed E-state index contributed by atoms with van der Waals surface area (Å²) in [6, 6.07) is 2.04. The lowest BCUT2D eigenvalue weighted by Gasteiger charge is -2.40. The van der Waals surface area contributed by atoms with Crippen LogP contribution in [0.5, 0.6) is 5.75 Å². The number of likely N-dealkylation sites (N-methyl/N-ethyl adjacent to an activating group) is 1. The number of halogens is 3. The largest absolute Gasteiger partial charge is 0.507 e. The smallest absolute Gasteiger partial charge is 0.354 e. The molecule has 11 nitrogen and oxygen atoms in total. The number of aromatic nitrogens is 4. The van der Waals surface area contributed by atoms with Gasteiger partial charge in [0.15, 0.2) is 11.6 Å². The van der Waals surface area contributed by atoms with Gasteiger partial charge in [0.1, 0.15) is 35.3 Å². The molecule has 2 aromatic heterocycles. The third-order valence-electron chi connectivity index (χ3n) is 8.70. The molecule has 0 saturated carbocycles. The number of phenols is 1. The van der Waals surface area contributed by atoms with Crippen molar-refractivity contribution in [2.24, 2.45) is 0 Å². The van der Waals surface area contributed by atoms with E-state index in [4.69, 9.17) is 0 Å². The van der Waals surface area contributed by atoms with E-state index < -0.39 is 69.1 Å². The van der Waals surface area contributed by atoms with Crippen LogP contribution in [0.25, 0.3) is 27.7 Å².